The van der Waals surface area contributed by atoms with Crippen molar-refractivity contribution < 1.29 is 37.9 Å². The molecule has 89 heavy (non-hydrogen) atoms. The lowest BCUT2D eigenvalue weighted by atomic mass is 10.1. The van der Waals surface area contributed by atoms with Crippen LogP contribution in [0.2, 0.25) is 0 Å². The van der Waals surface area contributed by atoms with E-state index in [4.69, 9.17) is 53.2 Å². The molecule has 2 atom stereocenters. The first-order chi connectivity index (χ1) is 43.3. The number of thioether (sulfide) groups is 2. The SMILES string of the molecule is COc1cc(C2=Nn3c(nnc3-c3cc(C)ccc3OC)SC2)ccc1C.COc1ccc(C)cc1-c1nnc2ccc(-c3ccc(C)c(O[C@@H]4CCOC4)c3)nn12.COc1ccc(C)cc1-c1nnc2n1N=C(c1ccc(C)c(O[C@@H]3CCOC3)c1)CS2. The predicted molar refractivity (Wildman–Crippen MR) is 345 cm³/mol. The normalized spacial score (nSPS) is 15.8. The zero-order chi connectivity index (χ0) is 61.7. The summed E-state index contributed by atoms with van der Waals surface area (Å²) in [5.74, 6) is 8.28. The molecule has 14 rings (SSSR count). The number of nitrogens with zero attached hydrogens (tertiary/aromatic N) is 12. The Balaban J connectivity index is 0.000000130. The maximum Gasteiger partial charge on any atom is 0.212 e. The van der Waals surface area contributed by atoms with Gasteiger partial charge in [-0.1, -0.05) is 94.8 Å². The summed E-state index contributed by atoms with van der Waals surface area (Å²) in [5.41, 5.74) is 15.7. The molecule has 10 aromatic rings. The molecule has 4 aromatic heterocycles. The lowest BCUT2D eigenvalue weighted by Gasteiger charge is -2.18. The van der Waals surface area contributed by atoms with E-state index in [0.717, 1.165) is 166 Å². The molecule has 6 aromatic carbocycles. The van der Waals surface area contributed by atoms with Crippen LogP contribution in [-0.4, -0.2) is 140 Å². The van der Waals surface area contributed by atoms with Gasteiger partial charge in [0.1, 0.15) is 46.7 Å². The standard InChI is InChI=1S/C24H24N4O3.C23H24N4O3S.C20H20N4O2S/c1-15-4-8-21(29-3)19(12-15)24-26-25-23-9-7-20(27-28(23)24)17-6-5-16(2)22(13-17)31-18-10-11-30-14-18;1-14-4-7-20(28-3)18(10-14)22-24-25-23-27(22)26-19(13-31-23)16-6-5-15(2)21(11-16)30-17-8-9-29-12-17;1-12-5-8-17(25-3)15(9-12)19-21-22-20-24(19)23-16(11-27-20)14-7-6-13(2)18(10-14)26-4/h4-9,12-13,18H,10-11,14H2,1-3H3;4-7,10-11,17H,8-9,12-13H2,1-3H3;5-10H,11H2,1-4H3/t18-;17-;/m11./s1. The Morgan fingerprint density at radius 2 is 0.854 bits per heavy atom. The molecule has 20 nitrogen and oxygen atoms in total. The molecule has 0 saturated carbocycles. The van der Waals surface area contributed by atoms with Crippen molar-refractivity contribution >= 4 is 40.6 Å². The molecule has 0 amide bonds. The summed E-state index contributed by atoms with van der Waals surface area (Å²) in [6.45, 7) is 15.0. The quantitative estimate of drug-likeness (QED) is 0.0993. The third-order valence-corrected chi connectivity index (χ3v) is 17.4. The van der Waals surface area contributed by atoms with Crippen LogP contribution in [0.5, 0.6) is 34.5 Å². The molecule has 4 aliphatic rings. The Labute approximate surface area is 524 Å². The monoisotopic (exact) mass is 1230 g/mol. The minimum atomic E-state index is 0.0997. The molecular weight excluding hydrogens is 1160 g/mol. The van der Waals surface area contributed by atoms with E-state index in [1.165, 1.54) is 0 Å². The molecule has 22 heteroatoms. The molecule has 0 bridgehead atoms. The van der Waals surface area contributed by atoms with Crippen molar-refractivity contribution in [2.75, 3.05) is 66.4 Å². The van der Waals surface area contributed by atoms with Crippen LogP contribution in [0, 0.1) is 41.5 Å². The molecule has 0 radical (unpaired) electrons. The van der Waals surface area contributed by atoms with Crippen LogP contribution in [0.4, 0.5) is 0 Å². The lowest BCUT2D eigenvalue weighted by Crippen LogP contribution is -2.17. The highest BCUT2D eigenvalue weighted by Crippen LogP contribution is 2.38. The van der Waals surface area contributed by atoms with Gasteiger partial charge in [0.05, 0.1) is 88.7 Å². The fourth-order valence-corrected chi connectivity index (χ4v) is 12.2. The number of hydrogen-bond donors (Lipinski definition) is 0. The minimum absolute atomic E-state index is 0.0997. The maximum atomic E-state index is 6.19. The Hall–Kier alpha value is -9.09. The van der Waals surface area contributed by atoms with Crippen LogP contribution in [-0.2, 0) is 9.47 Å². The smallest absolute Gasteiger partial charge is 0.212 e. The second-order valence-electron chi connectivity index (χ2n) is 21.9. The van der Waals surface area contributed by atoms with E-state index in [9.17, 15) is 0 Å². The maximum absolute atomic E-state index is 6.19. The van der Waals surface area contributed by atoms with E-state index in [1.807, 2.05) is 124 Å². The van der Waals surface area contributed by atoms with Crippen molar-refractivity contribution in [3.63, 3.8) is 0 Å². The van der Waals surface area contributed by atoms with Crippen molar-refractivity contribution in [2.24, 2.45) is 10.2 Å². The van der Waals surface area contributed by atoms with Crippen molar-refractivity contribution in [1.82, 2.24) is 49.6 Å². The largest absolute Gasteiger partial charge is 0.496 e. The minimum Gasteiger partial charge on any atom is -0.496 e. The van der Waals surface area contributed by atoms with Gasteiger partial charge < -0.3 is 37.9 Å². The predicted octanol–water partition coefficient (Wildman–Crippen LogP) is 12.3. The van der Waals surface area contributed by atoms with Crippen molar-refractivity contribution in [1.29, 1.82) is 0 Å². The first-order valence-corrected chi connectivity index (χ1v) is 31.2. The van der Waals surface area contributed by atoms with Crippen LogP contribution in [0.1, 0.15) is 57.3 Å². The molecule has 8 heterocycles. The van der Waals surface area contributed by atoms with Gasteiger partial charge in [0, 0.05) is 41.0 Å². The van der Waals surface area contributed by atoms with Gasteiger partial charge in [0.25, 0.3) is 0 Å². The Morgan fingerprint density at radius 3 is 1.31 bits per heavy atom. The number of methoxy groups -OCH3 is 4. The fourth-order valence-electron chi connectivity index (χ4n) is 10.5. The number of aryl methyl sites for hydroxylation is 6. The second kappa shape index (κ2) is 26.7. The number of ether oxygens (including phenoxy) is 8. The highest BCUT2D eigenvalue weighted by atomic mass is 32.2. The molecule has 456 valence electrons. The van der Waals surface area contributed by atoms with Gasteiger partial charge in [-0.05, 0) is 125 Å². The summed E-state index contributed by atoms with van der Waals surface area (Å²) in [5, 5.41) is 42.2. The van der Waals surface area contributed by atoms with E-state index in [2.05, 4.69) is 73.9 Å². The Bertz CT molecular complexity index is 4300. The van der Waals surface area contributed by atoms with Gasteiger partial charge in [-0.2, -0.15) is 29.2 Å². The highest BCUT2D eigenvalue weighted by Gasteiger charge is 2.27. The molecule has 0 unspecified atom stereocenters. The van der Waals surface area contributed by atoms with Crippen molar-refractivity contribution in [3.8, 4) is 79.9 Å². The zero-order valence-electron chi connectivity index (χ0n) is 51.3. The third-order valence-electron chi connectivity index (χ3n) is 15.5. The van der Waals surface area contributed by atoms with Gasteiger partial charge in [-0.15, -0.1) is 30.6 Å². The lowest BCUT2D eigenvalue weighted by molar-refractivity contribution is 0.141. The molecule has 0 spiro atoms. The average Bonchev–Trinajstić information content (AvgIpc) is 2.20. The van der Waals surface area contributed by atoms with Crippen LogP contribution in [0.15, 0.2) is 142 Å². The fraction of sp³-hybridized carbons (Fsp3) is 0.299. The second-order valence-corrected chi connectivity index (χ2v) is 23.8. The Morgan fingerprint density at radius 1 is 0.427 bits per heavy atom. The van der Waals surface area contributed by atoms with Gasteiger partial charge >= 0.3 is 0 Å². The van der Waals surface area contributed by atoms with E-state index in [0.29, 0.717) is 36.3 Å². The van der Waals surface area contributed by atoms with Crippen LogP contribution in [0.3, 0.4) is 0 Å². The first-order valence-electron chi connectivity index (χ1n) is 29.2. The zero-order valence-corrected chi connectivity index (χ0v) is 52.9. The summed E-state index contributed by atoms with van der Waals surface area (Å²) in [6, 6.07) is 40.4. The summed E-state index contributed by atoms with van der Waals surface area (Å²) < 4.78 is 50.7. The van der Waals surface area contributed by atoms with Gasteiger partial charge in [0.2, 0.25) is 10.3 Å². The average molecular weight is 1230 g/mol. The van der Waals surface area contributed by atoms with Crippen LogP contribution < -0.4 is 28.4 Å². The number of hydrogen-bond acceptors (Lipinski definition) is 19. The third kappa shape index (κ3) is 13.1. The molecule has 0 N–H and O–H groups in total. The van der Waals surface area contributed by atoms with E-state index in [1.54, 1.807) is 61.2 Å². The summed E-state index contributed by atoms with van der Waals surface area (Å²) in [6.07, 6.45) is 2.05. The molecule has 2 saturated heterocycles. The first kappa shape index (κ1) is 60.2. The van der Waals surface area contributed by atoms with Gasteiger partial charge in [0.15, 0.2) is 23.1 Å². The number of aromatic nitrogens is 10. The topological polar surface area (TPSA) is 203 Å². The Kier molecular flexibility index (Phi) is 18.1. The molecular formula is C67H68N12O8S2. The van der Waals surface area contributed by atoms with E-state index < -0.39 is 0 Å². The van der Waals surface area contributed by atoms with Crippen molar-refractivity contribution in [2.45, 2.75) is 76.9 Å². The summed E-state index contributed by atoms with van der Waals surface area (Å²) in [7, 11) is 6.65. The van der Waals surface area contributed by atoms with Gasteiger partial charge in [-0.25, -0.2) is 0 Å². The van der Waals surface area contributed by atoms with E-state index >= 15 is 0 Å². The number of rotatable bonds is 14. The van der Waals surface area contributed by atoms with Crippen molar-refractivity contribution in [3.05, 3.63) is 166 Å². The van der Waals surface area contributed by atoms with Crippen LogP contribution >= 0.6 is 23.5 Å². The van der Waals surface area contributed by atoms with Gasteiger partial charge in [-0.3, -0.25) is 0 Å². The summed E-state index contributed by atoms with van der Waals surface area (Å²) in [4.78, 5) is 0. The highest BCUT2D eigenvalue weighted by molar-refractivity contribution is 8.00. The molecule has 2 fully saturated rings. The summed E-state index contributed by atoms with van der Waals surface area (Å²) >= 11 is 3.24. The molecule has 0 aliphatic carbocycles. The number of benzene rings is 6. The molecule has 4 aliphatic heterocycles. The number of fused-ring (bicyclic) bond motifs is 3. The van der Waals surface area contributed by atoms with E-state index in [-0.39, 0.29) is 12.2 Å². The van der Waals surface area contributed by atoms with Crippen LogP contribution in [0.25, 0.3) is 51.1 Å².